The molecule has 1 atom stereocenters. The minimum atomic E-state index is -0.453. The van der Waals surface area contributed by atoms with Crippen LogP contribution in [-0.4, -0.2) is 54.0 Å². The van der Waals surface area contributed by atoms with E-state index in [1.165, 1.54) is 0 Å². The molecule has 2 aliphatic rings. The number of likely N-dealkylation sites (tertiary alicyclic amines) is 1. The highest BCUT2D eigenvalue weighted by Crippen LogP contribution is 2.38. The van der Waals surface area contributed by atoms with Gasteiger partial charge >= 0.3 is 6.09 Å². The van der Waals surface area contributed by atoms with Crippen LogP contribution in [0.4, 0.5) is 4.79 Å². The van der Waals surface area contributed by atoms with E-state index in [1.807, 2.05) is 25.7 Å². The van der Waals surface area contributed by atoms with Gasteiger partial charge in [-0.25, -0.2) is 4.79 Å². The second-order valence-electron chi connectivity index (χ2n) is 7.58. The molecule has 5 heteroatoms. The molecule has 2 fully saturated rings. The average molecular weight is 284 g/mol. The lowest BCUT2D eigenvalue weighted by molar-refractivity contribution is -0.129. The van der Waals surface area contributed by atoms with E-state index < -0.39 is 5.60 Å². The molecule has 2 heterocycles. The number of carbonyl (C=O) groups excluding carboxylic acids is 1. The minimum Gasteiger partial charge on any atom is -0.444 e. The summed E-state index contributed by atoms with van der Waals surface area (Å²) >= 11 is 0. The van der Waals surface area contributed by atoms with Crippen LogP contribution in [0, 0.1) is 0 Å². The van der Waals surface area contributed by atoms with Crippen LogP contribution in [0.5, 0.6) is 0 Å². The monoisotopic (exact) mass is 284 g/mol. The van der Waals surface area contributed by atoms with Gasteiger partial charge in [-0.05, 0) is 41.0 Å². The summed E-state index contributed by atoms with van der Waals surface area (Å²) in [6.07, 6.45) is 1.48. The van der Waals surface area contributed by atoms with Crippen LogP contribution < -0.4 is 5.32 Å². The molecule has 1 unspecified atom stereocenters. The van der Waals surface area contributed by atoms with E-state index in [1.54, 1.807) is 0 Å². The maximum absolute atomic E-state index is 12.3. The fourth-order valence-corrected chi connectivity index (χ4v) is 3.23. The molecular weight excluding hydrogens is 256 g/mol. The Morgan fingerprint density at radius 2 is 2.05 bits per heavy atom. The van der Waals surface area contributed by atoms with Crippen molar-refractivity contribution in [3.8, 4) is 0 Å². The molecule has 0 aromatic heterocycles. The first-order valence-electron chi connectivity index (χ1n) is 7.49. The second kappa shape index (κ2) is 5.19. The van der Waals surface area contributed by atoms with Crippen LogP contribution in [0.2, 0.25) is 0 Å². The Labute approximate surface area is 122 Å². The number of hydrogen-bond acceptors (Lipinski definition) is 4. The number of nitrogens with one attached hydrogen (secondary N) is 1. The predicted molar refractivity (Wildman–Crippen MR) is 77.8 cm³/mol. The fourth-order valence-electron chi connectivity index (χ4n) is 3.23. The summed E-state index contributed by atoms with van der Waals surface area (Å²) in [5.41, 5.74) is -0.828. The van der Waals surface area contributed by atoms with Crippen LogP contribution in [0.1, 0.15) is 47.5 Å². The van der Waals surface area contributed by atoms with E-state index in [9.17, 15) is 4.79 Å². The highest BCUT2D eigenvalue weighted by Gasteiger charge is 2.48. The number of ether oxygens (including phenoxy) is 2. The number of amides is 1. The Hall–Kier alpha value is -0.810. The van der Waals surface area contributed by atoms with E-state index in [0.717, 1.165) is 32.5 Å². The molecule has 0 aliphatic carbocycles. The molecule has 1 spiro atoms. The van der Waals surface area contributed by atoms with E-state index in [2.05, 4.69) is 19.2 Å². The Kier molecular flexibility index (Phi) is 4.04. The lowest BCUT2D eigenvalue weighted by Crippen LogP contribution is -2.63. The van der Waals surface area contributed by atoms with Gasteiger partial charge in [-0.3, -0.25) is 0 Å². The topological polar surface area (TPSA) is 50.8 Å². The maximum Gasteiger partial charge on any atom is 0.410 e. The average Bonchev–Trinajstić information content (AvgIpc) is 2.25. The molecule has 0 aromatic carbocycles. The van der Waals surface area contributed by atoms with E-state index >= 15 is 0 Å². The molecule has 0 bridgehead atoms. The first-order chi connectivity index (χ1) is 9.14. The van der Waals surface area contributed by atoms with Crippen molar-refractivity contribution in [1.82, 2.24) is 10.2 Å². The minimum absolute atomic E-state index is 0.125. The summed E-state index contributed by atoms with van der Waals surface area (Å²) in [6.45, 7) is 13.1. The van der Waals surface area contributed by atoms with Crippen LogP contribution >= 0.6 is 0 Å². The first-order valence-corrected chi connectivity index (χ1v) is 7.49. The van der Waals surface area contributed by atoms with Crippen molar-refractivity contribution in [3.05, 3.63) is 0 Å². The molecule has 116 valence electrons. The lowest BCUT2D eigenvalue weighted by atomic mass is 9.78. The third-order valence-corrected chi connectivity index (χ3v) is 4.02. The number of piperidine rings is 1. The summed E-state index contributed by atoms with van der Waals surface area (Å²) in [7, 11) is 0. The van der Waals surface area contributed by atoms with Gasteiger partial charge in [0.1, 0.15) is 5.60 Å². The first kappa shape index (κ1) is 15.6. The van der Waals surface area contributed by atoms with E-state index in [4.69, 9.17) is 9.47 Å². The van der Waals surface area contributed by atoms with Crippen LogP contribution in [0.15, 0.2) is 0 Å². The van der Waals surface area contributed by atoms with Crippen LogP contribution in [0.25, 0.3) is 0 Å². The van der Waals surface area contributed by atoms with Gasteiger partial charge in [-0.2, -0.15) is 0 Å². The van der Waals surface area contributed by atoms with Crippen molar-refractivity contribution in [2.24, 2.45) is 0 Å². The summed E-state index contributed by atoms with van der Waals surface area (Å²) in [4.78, 5) is 14.2. The summed E-state index contributed by atoms with van der Waals surface area (Å²) in [6, 6.07) is 0. The van der Waals surface area contributed by atoms with Gasteiger partial charge in [0.15, 0.2) is 0 Å². The molecule has 1 amide bonds. The molecule has 5 nitrogen and oxygen atoms in total. The molecule has 2 rings (SSSR count). The quantitative estimate of drug-likeness (QED) is 0.740. The fraction of sp³-hybridized carbons (Fsp3) is 0.933. The van der Waals surface area contributed by atoms with Gasteiger partial charge in [0.05, 0.1) is 12.2 Å². The Morgan fingerprint density at radius 3 is 2.55 bits per heavy atom. The lowest BCUT2D eigenvalue weighted by Gasteiger charge is -2.52. The van der Waals surface area contributed by atoms with E-state index in [-0.39, 0.29) is 17.2 Å². The number of carbonyl (C=O) groups is 1. The number of hydrogen-bond donors (Lipinski definition) is 1. The van der Waals surface area contributed by atoms with Crippen molar-refractivity contribution in [2.45, 2.75) is 64.2 Å². The summed E-state index contributed by atoms with van der Waals surface area (Å²) < 4.78 is 11.5. The highest BCUT2D eigenvalue weighted by molar-refractivity contribution is 5.69. The zero-order chi connectivity index (χ0) is 15.0. The molecule has 2 aliphatic heterocycles. The van der Waals surface area contributed by atoms with Crippen molar-refractivity contribution in [2.75, 3.05) is 26.2 Å². The predicted octanol–water partition coefficient (Wildman–Crippen LogP) is 2.15. The number of nitrogens with zero attached hydrogens (tertiary/aromatic N) is 1. The van der Waals surface area contributed by atoms with Gasteiger partial charge < -0.3 is 19.7 Å². The van der Waals surface area contributed by atoms with Gasteiger partial charge in [0.2, 0.25) is 0 Å². The third-order valence-electron chi connectivity index (χ3n) is 4.02. The zero-order valence-electron chi connectivity index (χ0n) is 13.4. The van der Waals surface area contributed by atoms with Gasteiger partial charge in [-0.15, -0.1) is 0 Å². The highest BCUT2D eigenvalue weighted by atomic mass is 16.6. The molecule has 0 saturated carbocycles. The summed E-state index contributed by atoms with van der Waals surface area (Å²) in [5, 5.41) is 3.41. The second-order valence-corrected chi connectivity index (χ2v) is 7.58. The van der Waals surface area contributed by atoms with Crippen molar-refractivity contribution >= 4 is 6.09 Å². The standard InChI is InChI=1S/C15H28N2O3/c1-13(2,3)20-12(18)17-8-6-15(10-14(17,4)5)11-16-7-9-19-15/h16H,6-11H2,1-5H3. The largest absolute Gasteiger partial charge is 0.444 e. The Bertz CT molecular complexity index is 368. The van der Waals surface area contributed by atoms with E-state index in [0.29, 0.717) is 6.54 Å². The van der Waals surface area contributed by atoms with Crippen LogP contribution in [0.3, 0.4) is 0 Å². The van der Waals surface area contributed by atoms with Gasteiger partial charge in [0.25, 0.3) is 0 Å². The van der Waals surface area contributed by atoms with Gasteiger partial charge in [-0.1, -0.05) is 0 Å². The Balaban J connectivity index is 2.06. The van der Waals surface area contributed by atoms with Crippen molar-refractivity contribution in [1.29, 1.82) is 0 Å². The van der Waals surface area contributed by atoms with Gasteiger partial charge in [0, 0.05) is 31.6 Å². The maximum atomic E-state index is 12.3. The number of rotatable bonds is 0. The SMILES string of the molecule is CC(C)(C)OC(=O)N1CCC2(CNCCO2)CC1(C)C. The van der Waals surface area contributed by atoms with Crippen molar-refractivity contribution < 1.29 is 14.3 Å². The molecular formula is C15H28N2O3. The zero-order valence-corrected chi connectivity index (χ0v) is 13.4. The Morgan fingerprint density at radius 1 is 1.35 bits per heavy atom. The molecule has 2 saturated heterocycles. The smallest absolute Gasteiger partial charge is 0.410 e. The normalized spacial score (nSPS) is 30.4. The molecule has 0 aromatic rings. The van der Waals surface area contributed by atoms with Crippen molar-refractivity contribution in [3.63, 3.8) is 0 Å². The molecule has 20 heavy (non-hydrogen) atoms. The number of morpholine rings is 1. The van der Waals surface area contributed by atoms with Crippen LogP contribution in [-0.2, 0) is 9.47 Å². The molecule has 0 radical (unpaired) electrons. The molecule has 1 N–H and O–H groups in total. The third kappa shape index (κ3) is 3.44. The summed E-state index contributed by atoms with van der Waals surface area (Å²) in [5.74, 6) is 0.